The fraction of sp³-hybridized carbons (Fsp3) is 0.106. The summed E-state index contributed by atoms with van der Waals surface area (Å²) in [6.07, 6.45) is 0. The Bertz CT molecular complexity index is 4760. The van der Waals surface area contributed by atoms with Gasteiger partial charge in [-0.3, -0.25) is 0 Å². The molecule has 6 heteroatoms. The Balaban J connectivity index is 0.802. The molecule has 0 bridgehead atoms. The lowest BCUT2D eigenvalue weighted by molar-refractivity contribution is 1.26. The van der Waals surface area contributed by atoms with Crippen molar-refractivity contribution in [3.8, 4) is 101 Å². The van der Waals surface area contributed by atoms with E-state index in [1.165, 1.54) is 77.9 Å². The van der Waals surface area contributed by atoms with Crippen molar-refractivity contribution in [2.75, 3.05) is 9.80 Å². The predicted molar refractivity (Wildman–Crippen MR) is 385 cm³/mol. The Kier molecular flexibility index (Phi) is 15.3. The van der Waals surface area contributed by atoms with E-state index < -0.39 is 0 Å². The van der Waals surface area contributed by atoms with E-state index in [9.17, 15) is 0 Å². The van der Waals surface area contributed by atoms with E-state index in [0.29, 0.717) is 0 Å². The highest BCUT2D eigenvalue weighted by molar-refractivity contribution is 5.87. The zero-order valence-corrected chi connectivity index (χ0v) is 53.2. The average molecular weight is 1180 g/mol. The molecular formula is C85H74N6. The molecular weight excluding hydrogens is 1100 g/mol. The molecule has 4 aromatic heterocycles. The third kappa shape index (κ3) is 10.8. The van der Waals surface area contributed by atoms with Gasteiger partial charge in [0.25, 0.3) is 0 Å². The molecule has 0 aliphatic rings. The fourth-order valence-electron chi connectivity index (χ4n) is 13.4. The Morgan fingerprint density at radius 3 is 0.637 bits per heavy atom. The quantitative estimate of drug-likeness (QED) is 0.0826. The Morgan fingerprint density at radius 1 is 0.187 bits per heavy atom. The number of aryl methyl sites for hydroxylation is 1. The van der Waals surface area contributed by atoms with Gasteiger partial charge in [0.05, 0.1) is 0 Å². The first-order valence-corrected chi connectivity index (χ1v) is 31.6. The number of aromatic amines is 4. The average Bonchev–Trinajstić information content (AvgIpc) is 2.00. The SMILES string of the molecule is Cc1cc(N(c2ccc(-c3ccc(N(c4ccc(-c5[nH]c(-c6ccccc6)c(C)c5C)cc4)c4ccc(-c5[nH]c(-c6ccccc6)c(C)c5C)cc4)cc3)cc2)c2ccc(-c3[nH]c(-c4ccccc4)c(C)c3C)cc2)ccc1-c1[nH]c(-c2ccccc2)c(C)c1C. The van der Waals surface area contributed by atoms with Crippen molar-refractivity contribution in [1.29, 1.82) is 0 Å². The second kappa shape index (κ2) is 24.1. The van der Waals surface area contributed by atoms with Gasteiger partial charge in [-0.15, -0.1) is 0 Å². The Hall–Kier alpha value is -11.1. The first-order valence-electron chi connectivity index (χ1n) is 31.6. The molecule has 91 heavy (non-hydrogen) atoms. The zero-order chi connectivity index (χ0) is 62.4. The van der Waals surface area contributed by atoms with Gasteiger partial charge >= 0.3 is 0 Å². The van der Waals surface area contributed by atoms with Crippen molar-refractivity contribution < 1.29 is 0 Å². The number of aromatic nitrogens is 4. The van der Waals surface area contributed by atoms with E-state index in [4.69, 9.17) is 0 Å². The van der Waals surface area contributed by atoms with Crippen LogP contribution >= 0.6 is 0 Å². The number of hydrogen-bond donors (Lipinski definition) is 4. The van der Waals surface area contributed by atoms with Gasteiger partial charge in [-0.1, -0.05) is 188 Å². The van der Waals surface area contributed by atoms with Gasteiger partial charge in [0, 0.05) is 85.2 Å². The van der Waals surface area contributed by atoms with Gasteiger partial charge in [-0.2, -0.15) is 0 Å². The molecule has 0 fully saturated rings. The van der Waals surface area contributed by atoms with Crippen molar-refractivity contribution in [2.24, 2.45) is 0 Å². The van der Waals surface area contributed by atoms with E-state index >= 15 is 0 Å². The van der Waals surface area contributed by atoms with Crippen LogP contribution in [0.4, 0.5) is 34.1 Å². The lowest BCUT2D eigenvalue weighted by Gasteiger charge is -2.27. The molecule has 0 saturated carbocycles. The summed E-state index contributed by atoms with van der Waals surface area (Å²) in [5.74, 6) is 0. The van der Waals surface area contributed by atoms with Gasteiger partial charge in [0.15, 0.2) is 0 Å². The molecule has 0 aliphatic carbocycles. The lowest BCUT2D eigenvalue weighted by Crippen LogP contribution is -2.10. The minimum atomic E-state index is 1.06. The first kappa shape index (κ1) is 57.7. The van der Waals surface area contributed by atoms with Gasteiger partial charge in [0.2, 0.25) is 0 Å². The summed E-state index contributed by atoms with van der Waals surface area (Å²) in [6, 6.07) is 94.5. The smallest absolute Gasteiger partial charge is 0.0493 e. The van der Waals surface area contributed by atoms with Crippen LogP contribution in [-0.2, 0) is 0 Å². The van der Waals surface area contributed by atoms with Crippen molar-refractivity contribution in [2.45, 2.75) is 62.3 Å². The molecule has 4 N–H and O–H groups in total. The highest BCUT2D eigenvalue weighted by Gasteiger charge is 2.23. The lowest BCUT2D eigenvalue weighted by atomic mass is 9.99. The highest BCUT2D eigenvalue weighted by Crippen LogP contribution is 2.44. The normalized spacial score (nSPS) is 11.4. The molecule has 444 valence electrons. The molecule has 4 heterocycles. The third-order valence-electron chi connectivity index (χ3n) is 19.1. The summed E-state index contributed by atoms with van der Waals surface area (Å²) in [6.45, 7) is 20.0. The second-order valence-electron chi connectivity index (χ2n) is 24.4. The standard InChI is InChI=1S/C85H74N6/c1-53-52-76(50-51-77(53)85-61(9)60(8)81(89-85)67-28-20-13-21-29-67)91(75-48-38-70(39-49-75)84-59(7)56(4)80(88-84)66-26-18-12-19-27-66)74-42-32-63(33-43-74)62-30-40-71(41-31-62)90(72-44-34-68(35-45-72)82-57(5)54(2)78(86-82)64-22-14-10-15-23-64)73-46-36-69(37-47-73)83-58(6)55(3)79(87-83)65-24-16-11-17-25-65/h10-52,86-89H,1-9H3. The van der Waals surface area contributed by atoms with Gasteiger partial charge < -0.3 is 29.7 Å². The largest absolute Gasteiger partial charge is 0.354 e. The molecule has 0 spiro atoms. The van der Waals surface area contributed by atoms with E-state index in [1.54, 1.807) is 0 Å². The number of benzene rings is 10. The predicted octanol–water partition coefficient (Wildman–Crippen LogP) is 23.7. The van der Waals surface area contributed by atoms with Crippen molar-refractivity contribution in [1.82, 2.24) is 19.9 Å². The van der Waals surface area contributed by atoms with Crippen LogP contribution in [0.25, 0.3) is 101 Å². The summed E-state index contributed by atoms with van der Waals surface area (Å²) in [5, 5.41) is 0. The second-order valence-corrected chi connectivity index (χ2v) is 24.4. The molecule has 0 saturated heterocycles. The molecule has 0 radical (unpaired) electrons. The van der Waals surface area contributed by atoms with Crippen molar-refractivity contribution >= 4 is 34.1 Å². The van der Waals surface area contributed by atoms with Crippen LogP contribution in [0, 0.1) is 62.3 Å². The van der Waals surface area contributed by atoms with Crippen LogP contribution in [0.3, 0.4) is 0 Å². The molecule has 0 atom stereocenters. The zero-order valence-electron chi connectivity index (χ0n) is 53.2. The molecule has 6 nitrogen and oxygen atoms in total. The monoisotopic (exact) mass is 1180 g/mol. The maximum atomic E-state index is 3.84. The maximum absolute atomic E-state index is 3.84. The van der Waals surface area contributed by atoms with Crippen LogP contribution in [0.1, 0.15) is 50.1 Å². The summed E-state index contributed by atoms with van der Waals surface area (Å²) in [4.78, 5) is 20.0. The number of H-pyrrole nitrogens is 4. The number of rotatable bonds is 15. The van der Waals surface area contributed by atoms with Gasteiger partial charge in [0.1, 0.15) is 0 Å². The summed E-state index contributed by atoms with van der Waals surface area (Å²) >= 11 is 0. The summed E-state index contributed by atoms with van der Waals surface area (Å²) in [5.41, 5.74) is 38.6. The minimum absolute atomic E-state index is 1.06. The minimum Gasteiger partial charge on any atom is -0.354 e. The van der Waals surface area contributed by atoms with Crippen LogP contribution in [-0.4, -0.2) is 19.9 Å². The van der Waals surface area contributed by atoms with E-state index in [2.05, 4.69) is 353 Å². The van der Waals surface area contributed by atoms with Crippen molar-refractivity contribution in [3.05, 3.63) is 311 Å². The van der Waals surface area contributed by atoms with Gasteiger partial charge in [-0.25, -0.2) is 0 Å². The Labute approximate surface area is 535 Å². The molecule has 0 aliphatic heterocycles. The molecule has 0 unspecified atom stereocenters. The van der Waals surface area contributed by atoms with Crippen LogP contribution in [0.2, 0.25) is 0 Å². The molecule has 10 aromatic carbocycles. The number of nitrogens with zero attached hydrogens (tertiary/aromatic N) is 2. The highest BCUT2D eigenvalue weighted by atomic mass is 15.1. The van der Waals surface area contributed by atoms with E-state index in [-0.39, 0.29) is 0 Å². The topological polar surface area (TPSA) is 69.6 Å². The Morgan fingerprint density at radius 2 is 0.385 bits per heavy atom. The number of anilines is 6. The van der Waals surface area contributed by atoms with Crippen LogP contribution < -0.4 is 9.80 Å². The molecule has 14 rings (SSSR count). The van der Waals surface area contributed by atoms with Crippen LogP contribution in [0.15, 0.2) is 261 Å². The summed E-state index contributed by atoms with van der Waals surface area (Å²) in [7, 11) is 0. The van der Waals surface area contributed by atoms with E-state index in [1.807, 2.05) is 0 Å². The fourth-order valence-corrected chi connectivity index (χ4v) is 13.4. The summed E-state index contributed by atoms with van der Waals surface area (Å²) < 4.78 is 0. The van der Waals surface area contributed by atoms with Crippen molar-refractivity contribution in [3.63, 3.8) is 0 Å². The number of nitrogens with one attached hydrogen (secondary N) is 4. The number of hydrogen-bond acceptors (Lipinski definition) is 2. The maximum Gasteiger partial charge on any atom is 0.0493 e. The van der Waals surface area contributed by atoms with E-state index in [0.717, 1.165) is 107 Å². The first-order chi connectivity index (χ1) is 44.4. The van der Waals surface area contributed by atoms with Crippen LogP contribution in [0.5, 0.6) is 0 Å². The molecule has 0 amide bonds. The van der Waals surface area contributed by atoms with Gasteiger partial charge in [-0.05, 0) is 235 Å². The molecule has 14 aromatic rings. The third-order valence-corrected chi connectivity index (χ3v) is 19.1.